The largest absolute Gasteiger partial charge is 0.317 e. The number of rotatable bonds is 5. The average molecular weight is 400 g/mol. The number of benzene rings is 1. The summed E-state index contributed by atoms with van der Waals surface area (Å²) >= 11 is 0. The van der Waals surface area contributed by atoms with Crippen LogP contribution in [0.1, 0.15) is 31.2 Å². The Morgan fingerprint density at radius 3 is 2.32 bits per heavy atom. The van der Waals surface area contributed by atoms with Crippen LogP contribution in [0.3, 0.4) is 0 Å². The Labute approximate surface area is 168 Å². The monoisotopic (exact) mass is 399 g/mol. The zero-order valence-electron chi connectivity index (χ0n) is 16.3. The SMILES string of the molecule is O=S(=O)(c1ccccc1)c1ccc(CC2CCN(C3CCNCC3)CC2)cn1. The van der Waals surface area contributed by atoms with Crippen molar-refractivity contribution in [3.63, 3.8) is 0 Å². The number of likely N-dealkylation sites (tertiary alicyclic amines) is 1. The van der Waals surface area contributed by atoms with Crippen LogP contribution in [0, 0.1) is 5.92 Å². The van der Waals surface area contributed by atoms with Crippen LogP contribution < -0.4 is 5.32 Å². The summed E-state index contributed by atoms with van der Waals surface area (Å²) in [5.41, 5.74) is 1.13. The Morgan fingerprint density at radius 1 is 0.964 bits per heavy atom. The van der Waals surface area contributed by atoms with Crippen LogP contribution >= 0.6 is 0 Å². The third kappa shape index (κ3) is 4.45. The van der Waals surface area contributed by atoms with Gasteiger partial charge in [0.05, 0.1) is 4.90 Å². The smallest absolute Gasteiger partial charge is 0.223 e. The molecule has 4 rings (SSSR count). The lowest BCUT2D eigenvalue weighted by Crippen LogP contribution is -2.46. The molecule has 1 aromatic heterocycles. The van der Waals surface area contributed by atoms with Crippen molar-refractivity contribution in [1.82, 2.24) is 15.2 Å². The molecule has 0 atom stereocenters. The van der Waals surface area contributed by atoms with Gasteiger partial charge in [-0.05, 0) is 88.0 Å². The third-order valence-corrected chi connectivity index (χ3v) is 7.81. The standard InChI is InChI=1S/C22H29N3O2S/c26-28(27,21-4-2-1-3-5-21)22-7-6-19(17-24-22)16-18-10-14-25(15-11-18)20-8-12-23-13-9-20/h1-7,17-18,20,23H,8-16H2. The molecular weight excluding hydrogens is 370 g/mol. The van der Waals surface area contributed by atoms with Crippen molar-refractivity contribution in [2.75, 3.05) is 26.2 Å². The fourth-order valence-corrected chi connectivity index (χ4v) is 5.63. The number of pyridine rings is 1. The Hall–Kier alpha value is -1.76. The minimum atomic E-state index is -3.53. The van der Waals surface area contributed by atoms with Gasteiger partial charge in [0, 0.05) is 12.2 Å². The summed E-state index contributed by atoms with van der Waals surface area (Å²) in [4.78, 5) is 7.24. The molecule has 1 aromatic carbocycles. The van der Waals surface area contributed by atoms with Crippen molar-refractivity contribution in [1.29, 1.82) is 0 Å². The van der Waals surface area contributed by atoms with Gasteiger partial charge in [-0.15, -0.1) is 0 Å². The number of nitrogens with zero attached hydrogens (tertiary/aromatic N) is 2. The number of piperidine rings is 2. The predicted molar refractivity (Wildman–Crippen MR) is 110 cm³/mol. The van der Waals surface area contributed by atoms with E-state index in [1.54, 1.807) is 36.5 Å². The minimum Gasteiger partial charge on any atom is -0.317 e. The third-order valence-electron chi connectivity index (χ3n) is 6.13. The van der Waals surface area contributed by atoms with Gasteiger partial charge < -0.3 is 10.2 Å². The molecule has 0 bridgehead atoms. The number of hydrogen-bond acceptors (Lipinski definition) is 5. The second kappa shape index (κ2) is 8.72. The van der Waals surface area contributed by atoms with Crippen LogP contribution in [0.25, 0.3) is 0 Å². The van der Waals surface area contributed by atoms with Crippen molar-refractivity contribution >= 4 is 9.84 Å². The first-order valence-electron chi connectivity index (χ1n) is 10.3. The number of nitrogens with one attached hydrogen (secondary N) is 1. The van der Waals surface area contributed by atoms with Crippen molar-refractivity contribution in [2.24, 2.45) is 5.92 Å². The average Bonchev–Trinajstić information content (AvgIpc) is 2.76. The Balaban J connectivity index is 1.34. The zero-order valence-corrected chi connectivity index (χ0v) is 17.1. The molecule has 150 valence electrons. The van der Waals surface area contributed by atoms with Gasteiger partial charge in [-0.1, -0.05) is 24.3 Å². The number of sulfone groups is 1. The summed E-state index contributed by atoms with van der Waals surface area (Å²) in [6.45, 7) is 4.66. The summed E-state index contributed by atoms with van der Waals surface area (Å²) in [5.74, 6) is 0.663. The van der Waals surface area contributed by atoms with Crippen molar-refractivity contribution in [2.45, 2.75) is 48.1 Å². The van der Waals surface area contributed by atoms with Gasteiger partial charge in [0.1, 0.15) is 0 Å². The van der Waals surface area contributed by atoms with E-state index in [-0.39, 0.29) is 5.03 Å². The second-order valence-corrected chi connectivity index (χ2v) is 9.88. The normalized spacial score (nSPS) is 20.3. The molecule has 0 saturated carbocycles. The van der Waals surface area contributed by atoms with E-state index in [9.17, 15) is 8.42 Å². The lowest BCUT2D eigenvalue weighted by molar-refractivity contribution is 0.111. The van der Waals surface area contributed by atoms with E-state index in [1.807, 2.05) is 12.1 Å². The van der Waals surface area contributed by atoms with Crippen LogP contribution in [0.2, 0.25) is 0 Å². The quantitative estimate of drug-likeness (QED) is 0.838. The molecule has 6 heteroatoms. The molecule has 1 N–H and O–H groups in total. The van der Waals surface area contributed by atoms with Gasteiger partial charge in [0.15, 0.2) is 5.03 Å². The second-order valence-electron chi connectivity index (χ2n) is 7.99. The van der Waals surface area contributed by atoms with Crippen LogP contribution in [-0.4, -0.2) is 50.5 Å². The number of hydrogen-bond donors (Lipinski definition) is 1. The zero-order chi connectivity index (χ0) is 19.4. The molecule has 0 amide bonds. The molecule has 5 nitrogen and oxygen atoms in total. The van der Waals surface area contributed by atoms with Gasteiger partial charge in [0.2, 0.25) is 9.84 Å². The first-order valence-corrected chi connectivity index (χ1v) is 11.8. The van der Waals surface area contributed by atoms with Gasteiger partial charge in [-0.2, -0.15) is 0 Å². The highest BCUT2D eigenvalue weighted by Gasteiger charge is 2.26. The first kappa shape index (κ1) is 19.6. The molecule has 0 unspecified atom stereocenters. The Morgan fingerprint density at radius 2 is 1.68 bits per heavy atom. The fraction of sp³-hybridized carbons (Fsp3) is 0.500. The topological polar surface area (TPSA) is 62.3 Å². The molecule has 28 heavy (non-hydrogen) atoms. The van der Waals surface area contributed by atoms with E-state index < -0.39 is 9.84 Å². The summed E-state index contributed by atoms with van der Waals surface area (Å²) in [5, 5.41) is 3.57. The highest BCUT2D eigenvalue weighted by molar-refractivity contribution is 7.91. The summed E-state index contributed by atoms with van der Waals surface area (Å²) in [6, 6.07) is 12.8. The lowest BCUT2D eigenvalue weighted by atomic mass is 9.89. The van der Waals surface area contributed by atoms with Crippen LogP contribution in [0.15, 0.2) is 58.6 Å². The molecule has 2 fully saturated rings. The van der Waals surface area contributed by atoms with Crippen LogP contribution in [-0.2, 0) is 16.3 Å². The summed E-state index contributed by atoms with van der Waals surface area (Å²) in [7, 11) is -3.53. The molecular formula is C22H29N3O2S. The molecule has 0 radical (unpaired) electrons. The van der Waals surface area contributed by atoms with Crippen molar-refractivity contribution in [3.8, 4) is 0 Å². The predicted octanol–water partition coefficient (Wildman–Crippen LogP) is 2.92. The fourth-order valence-electron chi connectivity index (χ4n) is 4.44. The molecule has 2 saturated heterocycles. The van der Waals surface area contributed by atoms with Crippen molar-refractivity contribution in [3.05, 3.63) is 54.2 Å². The van der Waals surface area contributed by atoms with E-state index in [0.717, 1.165) is 31.1 Å². The molecule has 0 aliphatic carbocycles. The molecule has 3 heterocycles. The first-order chi connectivity index (χ1) is 13.6. The van der Waals surface area contributed by atoms with Gasteiger partial charge in [-0.3, -0.25) is 0 Å². The van der Waals surface area contributed by atoms with Gasteiger partial charge in [0.25, 0.3) is 0 Å². The highest BCUT2D eigenvalue weighted by atomic mass is 32.2. The lowest BCUT2D eigenvalue weighted by Gasteiger charge is -2.39. The summed E-state index contributed by atoms with van der Waals surface area (Å²) in [6.07, 6.45) is 7.70. The van der Waals surface area contributed by atoms with E-state index in [4.69, 9.17) is 0 Å². The van der Waals surface area contributed by atoms with Crippen molar-refractivity contribution < 1.29 is 8.42 Å². The van der Waals surface area contributed by atoms with Crippen LogP contribution in [0.5, 0.6) is 0 Å². The highest BCUT2D eigenvalue weighted by Crippen LogP contribution is 2.26. The molecule has 2 aliphatic heterocycles. The van der Waals surface area contributed by atoms with Gasteiger partial charge in [-0.25, -0.2) is 13.4 Å². The molecule has 0 spiro atoms. The minimum absolute atomic E-state index is 0.128. The Kier molecular flexibility index (Phi) is 6.09. The van der Waals surface area contributed by atoms with E-state index >= 15 is 0 Å². The molecule has 2 aliphatic rings. The van der Waals surface area contributed by atoms with E-state index in [1.165, 1.54) is 38.8 Å². The maximum Gasteiger partial charge on any atom is 0.223 e. The van der Waals surface area contributed by atoms with E-state index in [0.29, 0.717) is 10.8 Å². The Bertz CT molecular complexity index is 854. The maximum atomic E-state index is 12.6. The maximum absolute atomic E-state index is 12.6. The summed E-state index contributed by atoms with van der Waals surface area (Å²) < 4.78 is 25.3. The van der Waals surface area contributed by atoms with Crippen LogP contribution in [0.4, 0.5) is 0 Å². The number of aromatic nitrogens is 1. The van der Waals surface area contributed by atoms with Gasteiger partial charge >= 0.3 is 0 Å². The van der Waals surface area contributed by atoms with E-state index in [2.05, 4.69) is 15.2 Å². The molecule has 2 aromatic rings.